The highest BCUT2D eigenvalue weighted by Crippen LogP contribution is 2.11. The van der Waals surface area contributed by atoms with E-state index in [2.05, 4.69) is 15.2 Å². The summed E-state index contributed by atoms with van der Waals surface area (Å²) in [5, 5.41) is 7.98. The van der Waals surface area contributed by atoms with Crippen LogP contribution in [-0.2, 0) is 13.0 Å². The normalized spacial score (nSPS) is 11.0. The molecule has 152 valence electrons. The van der Waals surface area contributed by atoms with Gasteiger partial charge in [0.1, 0.15) is 23.7 Å². The van der Waals surface area contributed by atoms with E-state index in [1.165, 1.54) is 33.9 Å². The average Bonchev–Trinajstić information content (AvgIpc) is 3.33. The van der Waals surface area contributed by atoms with Crippen LogP contribution in [0, 0.1) is 12.7 Å². The van der Waals surface area contributed by atoms with Gasteiger partial charge in [0, 0.05) is 30.7 Å². The zero-order chi connectivity index (χ0) is 21.1. The van der Waals surface area contributed by atoms with Gasteiger partial charge in [-0.25, -0.2) is 23.4 Å². The number of ketones is 1. The Morgan fingerprint density at radius 3 is 2.70 bits per heavy atom. The molecule has 30 heavy (non-hydrogen) atoms. The van der Waals surface area contributed by atoms with E-state index in [0.717, 1.165) is 5.56 Å². The van der Waals surface area contributed by atoms with Gasteiger partial charge in [-0.05, 0) is 36.8 Å². The molecule has 0 aliphatic heterocycles. The predicted molar refractivity (Wildman–Crippen MR) is 105 cm³/mol. The van der Waals surface area contributed by atoms with Gasteiger partial charge in [-0.3, -0.25) is 4.79 Å². The maximum atomic E-state index is 13.1. The molecule has 4 aromatic rings. The SMILES string of the molecule is Cc1cc(CCC(=O)c2ccnc(-n3cnn(Cc4ccc(F)cc4)c3=O)c2)no1. The number of Topliss-reactive ketones (excluding diaryl/α,β-unsaturated/α-hetero) is 1. The molecule has 0 atom stereocenters. The van der Waals surface area contributed by atoms with Crippen LogP contribution in [0.25, 0.3) is 5.82 Å². The van der Waals surface area contributed by atoms with Crippen molar-refractivity contribution in [1.29, 1.82) is 0 Å². The molecule has 1 aromatic carbocycles. The van der Waals surface area contributed by atoms with E-state index in [0.29, 0.717) is 29.3 Å². The molecule has 9 heteroatoms. The molecule has 3 heterocycles. The van der Waals surface area contributed by atoms with Gasteiger partial charge >= 0.3 is 5.69 Å². The van der Waals surface area contributed by atoms with Crippen LogP contribution in [0.1, 0.15) is 33.8 Å². The van der Waals surface area contributed by atoms with Crippen LogP contribution in [0.15, 0.2) is 64.3 Å². The van der Waals surface area contributed by atoms with Crippen molar-refractivity contribution in [2.24, 2.45) is 0 Å². The van der Waals surface area contributed by atoms with Gasteiger partial charge in [-0.15, -0.1) is 0 Å². The fraction of sp³-hybridized carbons (Fsp3) is 0.190. The minimum absolute atomic E-state index is 0.0916. The number of carbonyl (C=O) groups excluding carboxylic acids is 1. The van der Waals surface area contributed by atoms with Crippen LogP contribution >= 0.6 is 0 Å². The summed E-state index contributed by atoms with van der Waals surface area (Å²) < 4.78 is 20.6. The van der Waals surface area contributed by atoms with E-state index in [1.807, 2.05) is 0 Å². The molecule has 0 bridgehead atoms. The highest BCUT2D eigenvalue weighted by molar-refractivity contribution is 5.96. The zero-order valence-electron chi connectivity index (χ0n) is 16.2. The Labute approximate surface area is 170 Å². The molecule has 3 aromatic heterocycles. The Kier molecular flexibility index (Phi) is 5.34. The lowest BCUT2D eigenvalue weighted by molar-refractivity contribution is 0.0982. The van der Waals surface area contributed by atoms with Crippen LogP contribution < -0.4 is 5.69 Å². The topological polar surface area (TPSA) is 95.8 Å². The summed E-state index contributed by atoms with van der Waals surface area (Å²) in [7, 11) is 0. The average molecular weight is 407 g/mol. The molecule has 0 aliphatic carbocycles. The highest BCUT2D eigenvalue weighted by Gasteiger charge is 2.13. The van der Waals surface area contributed by atoms with E-state index < -0.39 is 5.69 Å². The standard InChI is InChI=1S/C21H18FN5O3/c1-14-10-18(25-30-14)6-7-19(28)16-8-9-23-20(11-16)26-13-24-27(21(26)29)12-15-2-4-17(22)5-3-15/h2-5,8-11,13H,6-7,12H2,1H3. The summed E-state index contributed by atoms with van der Waals surface area (Å²) in [5.74, 6) is 0.557. The smallest absolute Gasteiger partial charge is 0.351 e. The molecule has 0 amide bonds. The van der Waals surface area contributed by atoms with Crippen molar-refractivity contribution in [3.05, 3.63) is 93.9 Å². The first-order valence-electron chi connectivity index (χ1n) is 9.30. The van der Waals surface area contributed by atoms with Crippen molar-refractivity contribution in [1.82, 2.24) is 24.5 Å². The molecule has 0 unspecified atom stereocenters. The number of aryl methyl sites for hydroxylation is 2. The Bertz CT molecular complexity index is 1240. The van der Waals surface area contributed by atoms with Crippen molar-refractivity contribution in [3.63, 3.8) is 0 Å². The number of halogens is 1. The Hall–Kier alpha value is -3.88. The van der Waals surface area contributed by atoms with Crippen molar-refractivity contribution < 1.29 is 13.7 Å². The van der Waals surface area contributed by atoms with Gasteiger partial charge in [0.15, 0.2) is 5.78 Å². The molecular weight excluding hydrogens is 389 g/mol. The van der Waals surface area contributed by atoms with Gasteiger partial charge in [0.2, 0.25) is 0 Å². The van der Waals surface area contributed by atoms with Crippen molar-refractivity contribution >= 4 is 5.78 Å². The lowest BCUT2D eigenvalue weighted by Crippen LogP contribution is -2.25. The molecule has 4 rings (SSSR count). The number of hydrogen-bond acceptors (Lipinski definition) is 6. The second kappa shape index (κ2) is 8.24. The summed E-state index contributed by atoms with van der Waals surface area (Å²) in [6.07, 6.45) is 3.55. The molecule has 0 aliphatic rings. The molecule has 8 nitrogen and oxygen atoms in total. The Morgan fingerprint density at radius 1 is 1.17 bits per heavy atom. The number of rotatable bonds is 7. The fourth-order valence-corrected chi connectivity index (χ4v) is 3.01. The third kappa shape index (κ3) is 4.24. The molecule has 0 saturated heterocycles. The largest absolute Gasteiger partial charge is 0.361 e. The van der Waals surface area contributed by atoms with Gasteiger partial charge in [0.25, 0.3) is 0 Å². The monoisotopic (exact) mass is 407 g/mol. The molecule has 0 fully saturated rings. The van der Waals surface area contributed by atoms with Gasteiger partial charge < -0.3 is 4.52 Å². The lowest BCUT2D eigenvalue weighted by atomic mass is 10.1. The predicted octanol–water partition coefficient (Wildman–Crippen LogP) is 2.73. The van der Waals surface area contributed by atoms with E-state index >= 15 is 0 Å². The van der Waals surface area contributed by atoms with Crippen molar-refractivity contribution in [3.8, 4) is 5.82 Å². The maximum absolute atomic E-state index is 13.1. The number of benzene rings is 1. The van der Waals surface area contributed by atoms with Crippen LogP contribution in [0.3, 0.4) is 0 Å². The van der Waals surface area contributed by atoms with Crippen LogP contribution in [0.4, 0.5) is 4.39 Å². The number of nitrogens with zero attached hydrogens (tertiary/aromatic N) is 5. The van der Waals surface area contributed by atoms with Gasteiger partial charge in [0.05, 0.1) is 12.2 Å². The van der Waals surface area contributed by atoms with Crippen molar-refractivity contribution in [2.75, 3.05) is 0 Å². The zero-order valence-corrected chi connectivity index (χ0v) is 16.2. The summed E-state index contributed by atoms with van der Waals surface area (Å²) in [4.78, 5) is 29.4. The molecule has 0 saturated carbocycles. The van der Waals surface area contributed by atoms with E-state index in [9.17, 15) is 14.0 Å². The van der Waals surface area contributed by atoms with Gasteiger partial charge in [-0.2, -0.15) is 5.10 Å². The fourth-order valence-electron chi connectivity index (χ4n) is 3.01. The first kappa shape index (κ1) is 19.4. The summed E-state index contributed by atoms with van der Waals surface area (Å²) >= 11 is 0. The number of hydrogen-bond donors (Lipinski definition) is 0. The number of pyridine rings is 1. The maximum Gasteiger partial charge on any atom is 0.351 e. The Morgan fingerprint density at radius 2 is 1.97 bits per heavy atom. The van der Waals surface area contributed by atoms with Crippen LogP contribution in [0.2, 0.25) is 0 Å². The second-order valence-electron chi connectivity index (χ2n) is 6.82. The first-order chi connectivity index (χ1) is 14.5. The van der Waals surface area contributed by atoms with Crippen LogP contribution in [0.5, 0.6) is 0 Å². The number of carbonyl (C=O) groups is 1. The molecule has 0 N–H and O–H groups in total. The Balaban J connectivity index is 1.50. The quantitative estimate of drug-likeness (QED) is 0.437. The summed E-state index contributed by atoms with van der Waals surface area (Å²) in [6, 6.07) is 10.8. The van der Waals surface area contributed by atoms with E-state index in [1.54, 1.807) is 37.3 Å². The van der Waals surface area contributed by atoms with E-state index in [-0.39, 0.29) is 24.6 Å². The third-order valence-electron chi connectivity index (χ3n) is 4.58. The highest BCUT2D eigenvalue weighted by atomic mass is 19.1. The third-order valence-corrected chi connectivity index (χ3v) is 4.58. The molecule has 0 spiro atoms. The summed E-state index contributed by atoms with van der Waals surface area (Å²) in [6.45, 7) is 1.99. The minimum atomic E-state index is -0.408. The molecule has 0 radical (unpaired) electrons. The molecular formula is C21H18FN5O3. The van der Waals surface area contributed by atoms with E-state index in [4.69, 9.17) is 4.52 Å². The van der Waals surface area contributed by atoms with Crippen LogP contribution in [-0.4, -0.2) is 30.3 Å². The number of aromatic nitrogens is 5. The van der Waals surface area contributed by atoms with Crippen molar-refractivity contribution in [2.45, 2.75) is 26.3 Å². The lowest BCUT2D eigenvalue weighted by Gasteiger charge is -2.04. The summed E-state index contributed by atoms with van der Waals surface area (Å²) in [5.41, 5.74) is 1.49. The minimum Gasteiger partial charge on any atom is -0.361 e. The van der Waals surface area contributed by atoms with Gasteiger partial charge in [-0.1, -0.05) is 17.3 Å². The first-order valence-corrected chi connectivity index (χ1v) is 9.30. The second-order valence-corrected chi connectivity index (χ2v) is 6.82.